The molecule has 1 fully saturated rings. The minimum Gasteiger partial charge on any atom is -0.404 e. The molecule has 0 radical (unpaired) electrons. The molecule has 1 aliphatic carbocycles. The number of nitrogens with one attached hydrogen (secondary N) is 3. The van der Waals surface area contributed by atoms with Gasteiger partial charge in [0.1, 0.15) is 5.82 Å². The molecule has 0 aliphatic heterocycles. The predicted octanol–water partition coefficient (Wildman–Crippen LogP) is 4.91. The summed E-state index contributed by atoms with van der Waals surface area (Å²) in [4.78, 5) is 10.7. The van der Waals surface area contributed by atoms with Gasteiger partial charge in [0.05, 0.1) is 5.69 Å². The normalized spacial score (nSPS) is 18.6. The van der Waals surface area contributed by atoms with E-state index in [1.54, 1.807) is 12.3 Å². The van der Waals surface area contributed by atoms with Crippen molar-refractivity contribution < 1.29 is 17.9 Å². The minimum absolute atomic E-state index is 0.115. The highest BCUT2D eigenvalue weighted by Gasteiger charge is 2.32. The Kier molecular flexibility index (Phi) is 7.99. The van der Waals surface area contributed by atoms with Crippen molar-refractivity contribution in [3.05, 3.63) is 34.9 Å². The maximum Gasteiger partial charge on any atom is 0.573 e. The molecule has 1 saturated carbocycles. The van der Waals surface area contributed by atoms with E-state index in [0.29, 0.717) is 10.4 Å². The molecule has 0 spiro atoms. The maximum atomic E-state index is 12.7. The number of ether oxygens (including phenoxy) is 1. The van der Waals surface area contributed by atoms with Gasteiger partial charge >= 0.3 is 6.36 Å². The summed E-state index contributed by atoms with van der Waals surface area (Å²) >= 11 is 8.46. The average molecular weight is 533 g/mol. The maximum absolute atomic E-state index is 12.7. The third kappa shape index (κ3) is 7.37. The van der Waals surface area contributed by atoms with Gasteiger partial charge in [-0.05, 0) is 62.2 Å². The minimum atomic E-state index is -4.80. The molecule has 0 amide bonds. The molecule has 0 atom stereocenters. The molecule has 0 saturated heterocycles. The van der Waals surface area contributed by atoms with Crippen molar-refractivity contribution in [2.75, 3.05) is 29.6 Å². The first kappa shape index (κ1) is 24.3. The van der Waals surface area contributed by atoms with Crippen LogP contribution in [-0.4, -0.2) is 47.6 Å². The number of alkyl halides is 3. The molecular formula is C20H24BrF3N6OS. The van der Waals surface area contributed by atoms with Gasteiger partial charge in [-0.2, -0.15) is 4.98 Å². The fourth-order valence-corrected chi connectivity index (χ4v) is 4.00. The van der Waals surface area contributed by atoms with Crippen molar-refractivity contribution in [1.29, 1.82) is 0 Å². The number of anilines is 3. The number of aromatic nitrogens is 2. The summed E-state index contributed by atoms with van der Waals surface area (Å²) in [7, 11) is 3.85. The zero-order chi connectivity index (χ0) is 23.3. The zero-order valence-corrected chi connectivity index (χ0v) is 19.9. The van der Waals surface area contributed by atoms with Crippen LogP contribution in [0, 0.1) is 0 Å². The molecule has 32 heavy (non-hydrogen) atoms. The molecule has 12 heteroatoms. The van der Waals surface area contributed by atoms with Crippen LogP contribution in [0.25, 0.3) is 0 Å². The monoisotopic (exact) mass is 532 g/mol. The Bertz CT molecular complexity index is 938. The Hall–Kier alpha value is -2.34. The van der Waals surface area contributed by atoms with Crippen molar-refractivity contribution in [2.24, 2.45) is 0 Å². The lowest BCUT2D eigenvalue weighted by Crippen LogP contribution is -2.42. The summed E-state index contributed by atoms with van der Waals surface area (Å²) in [5, 5.41) is 9.62. The number of thiocarbonyl (C=S) groups is 1. The Morgan fingerprint density at radius 3 is 2.50 bits per heavy atom. The Morgan fingerprint density at radius 1 is 1.16 bits per heavy atom. The Morgan fingerprint density at radius 2 is 1.84 bits per heavy atom. The lowest BCUT2D eigenvalue weighted by atomic mass is 9.91. The van der Waals surface area contributed by atoms with Crippen molar-refractivity contribution in [1.82, 2.24) is 15.3 Å². The number of hydrogen-bond donors (Lipinski definition) is 3. The summed E-state index contributed by atoms with van der Waals surface area (Å²) in [6.45, 7) is 0. The Labute approximate surface area is 198 Å². The second-order valence-electron chi connectivity index (χ2n) is 7.61. The van der Waals surface area contributed by atoms with Crippen molar-refractivity contribution in [3.63, 3.8) is 0 Å². The van der Waals surface area contributed by atoms with Gasteiger partial charge in [-0.15, -0.1) is 13.2 Å². The van der Waals surface area contributed by atoms with Gasteiger partial charge in [-0.1, -0.05) is 15.9 Å². The van der Waals surface area contributed by atoms with E-state index < -0.39 is 6.36 Å². The molecule has 2 aromatic rings. The first-order chi connectivity index (χ1) is 15.1. The Balaban J connectivity index is 1.50. The van der Waals surface area contributed by atoms with Crippen LogP contribution in [0.2, 0.25) is 0 Å². The van der Waals surface area contributed by atoms with E-state index in [9.17, 15) is 13.2 Å². The highest BCUT2D eigenvalue weighted by molar-refractivity contribution is 9.10. The first-order valence-corrected chi connectivity index (χ1v) is 11.2. The summed E-state index contributed by atoms with van der Waals surface area (Å²) in [6, 6.07) is 6.52. The van der Waals surface area contributed by atoms with Crippen LogP contribution in [-0.2, 0) is 0 Å². The fraction of sp³-hybridized carbons (Fsp3) is 0.450. The number of halogens is 4. The van der Waals surface area contributed by atoms with E-state index in [4.69, 9.17) is 12.2 Å². The third-order valence-corrected chi connectivity index (χ3v) is 5.63. The molecule has 1 heterocycles. The fourth-order valence-electron chi connectivity index (χ4n) is 3.38. The molecule has 3 rings (SSSR count). The van der Waals surface area contributed by atoms with Gasteiger partial charge in [-0.25, -0.2) is 4.98 Å². The lowest BCUT2D eigenvalue weighted by molar-refractivity contribution is -0.274. The number of hydrogen-bond acceptors (Lipinski definition) is 6. The smallest absolute Gasteiger partial charge is 0.404 e. The second-order valence-corrected chi connectivity index (χ2v) is 8.94. The van der Waals surface area contributed by atoms with E-state index in [-0.39, 0.29) is 28.6 Å². The second kappa shape index (κ2) is 10.5. The van der Waals surface area contributed by atoms with Gasteiger partial charge in [0.2, 0.25) is 5.95 Å². The zero-order valence-electron chi connectivity index (χ0n) is 17.5. The standard InChI is InChI=1S/C20H24BrF3N6OS/c1-30(2)17-9-10-25-18(29-17)26-13-4-6-14(7-5-13)27-19(32)28-15-8-3-12(21)11-16(15)31-20(22,23)24/h3,8-11,13-14H,4-7H2,1-2H3,(H,25,26,29)(H2,27,28,32). The molecule has 0 bridgehead atoms. The molecule has 1 aromatic heterocycles. The van der Waals surface area contributed by atoms with Crippen LogP contribution < -0.4 is 25.6 Å². The van der Waals surface area contributed by atoms with Crippen LogP contribution >= 0.6 is 28.1 Å². The number of benzene rings is 1. The van der Waals surface area contributed by atoms with E-state index in [2.05, 4.69) is 46.6 Å². The van der Waals surface area contributed by atoms with Gasteiger partial charge < -0.3 is 25.6 Å². The molecule has 7 nitrogen and oxygen atoms in total. The van der Waals surface area contributed by atoms with Crippen LogP contribution in [0.5, 0.6) is 5.75 Å². The van der Waals surface area contributed by atoms with Crippen LogP contribution in [0.4, 0.5) is 30.6 Å². The van der Waals surface area contributed by atoms with E-state index in [1.165, 1.54) is 12.1 Å². The van der Waals surface area contributed by atoms with Crippen molar-refractivity contribution in [2.45, 2.75) is 44.1 Å². The molecule has 1 aliphatic rings. The van der Waals surface area contributed by atoms with E-state index in [1.807, 2.05) is 25.1 Å². The predicted molar refractivity (Wildman–Crippen MR) is 126 cm³/mol. The SMILES string of the molecule is CN(C)c1ccnc(NC2CCC(NC(=S)Nc3ccc(Br)cc3OC(F)(F)F)CC2)n1. The summed E-state index contributed by atoms with van der Waals surface area (Å²) < 4.78 is 42.6. The lowest BCUT2D eigenvalue weighted by Gasteiger charge is -2.30. The van der Waals surface area contributed by atoms with Crippen molar-refractivity contribution in [3.8, 4) is 5.75 Å². The molecule has 0 unspecified atom stereocenters. The molecular weight excluding hydrogens is 509 g/mol. The van der Waals surface area contributed by atoms with Gasteiger partial charge in [0.25, 0.3) is 0 Å². The third-order valence-electron chi connectivity index (χ3n) is 4.91. The van der Waals surface area contributed by atoms with Crippen molar-refractivity contribution >= 4 is 50.7 Å². The molecule has 3 N–H and O–H groups in total. The van der Waals surface area contributed by atoms with E-state index >= 15 is 0 Å². The van der Waals surface area contributed by atoms with Gasteiger partial charge in [0.15, 0.2) is 10.9 Å². The quantitative estimate of drug-likeness (QED) is 0.453. The highest BCUT2D eigenvalue weighted by Crippen LogP contribution is 2.33. The largest absolute Gasteiger partial charge is 0.573 e. The van der Waals surface area contributed by atoms with Gasteiger partial charge in [0, 0.05) is 36.8 Å². The van der Waals surface area contributed by atoms with Gasteiger partial charge in [-0.3, -0.25) is 0 Å². The van der Waals surface area contributed by atoms with E-state index in [0.717, 1.165) is 31.5 Å². The molecule has 1 aromatic carbocycles. The number of rotatable bonds is 6. The summed E-state index contributed by atoms with van der Waals surface area (Å²) in [5.41, 5.74) is 0.135. The summed E-state index contributed by atoms with van der Waals surface area (Å²) in [6.07, 6.45) is 0.388. The van der Waals surface area contributed by atoms with Crippen LogP contribution in [0.3, 0.4) is 0 Å². The number of nitrogens with zero attached hydrogens (tertiary/aromatic N) is 3. The average Bonchev–Trinajstić information content (AvgIpc) is 2.70. The van der Waals surface area contributed by atoms with Crippen LogP contribution in [0.1, 0.15) is 25.7 Å². The first-order valence-electron chi connectivity index (χ1n) is 9.99. The van der Waals surface area contributed by atoms with Crippen LogP contribution in [0.15, 0.2) is 34.9 Å². The topological polar surface area (TPSA) is 74.3 Å². The highest BCUT2D eigenvalue weighted by atomic mass is 79.9. The summed E-state index contributed by atoms with van der Waals surface area (Å²) in [5.74, 6) is 1.07. The molecule has 174 valence electrons.